The molecule has 6 nitrogen and oxygen atoms in total. The van der Waals surface area contributed by atoms with E-state index in [0.717, 1.165) is 22.2 Å². The molecule has 1 fully saturated rings. The van der Waals surface area contributed by atoms with Crippen LogP contribution in [0.1, 0.15) is 39.1 Å². The summed E-state index contributed by atoms with van der Waals surface area (Å²) >= 11 is 0. The van der Waals surface area contributed by atoms with Crippen LogP contribution < -0.4 is 5.32 Å². The lowest BCUT2D eigenvalue weighted by molar-refractivity contribution is -0.0494. The van der Waals surface area contributed by atoms with Gasteiger partial charge in [-0.05, 0) is 35.9 Å². The van der Waals surface area contributed by atoms with Crippen LogP contribution in [0.5, 0.6) is 0 Å². The number of likely N-dealkylation sites (tertiary alicyclic amines) is 1. The van der Waals surface area contributed by atoms with Gasteiger partial charge in [0.25, 0.3) is 17.7 Å². The molecule has 0 spiro atoms. The molecule has 2 aromatic carbocycles. The highest BCUT2D eigenvalue weighted by Crippen LogP contribution is 2.31. The summed E-state index contributed by atoms with van der Waals surface area (Å²) in [6, 6.07) is 10.8. The topological polar surface area (TPSA) is 78.1 Å². The number of aromatic nitrogens is 2. The van der Waals surface area contributed by atoms with Crippen LogP contribution >= 0.6 is 0 Å². The molecule has 5 rings (SSSR count). The first-order chi connectivity index (χ1) is 13.9. The van der Waals surface area contributed by atoms with Gasteiger partial charge >= 0.3 is 0 Å². The molecule has 0 aliphatic carbocycles. The van der Waals surface area contributed by atoms with E-state index in [4.69, 9.17) is 0 Å². The summed E-state index contributed by atoms with van der Waals surface area (Å²) in [4.78, 5) is 25.9. The molecular formula is C21H18F2N4O2. The lowest BCUT2D eigenvalue weighted by Gasteiger charge is -2.31. The predicted molar refractivity (Wildman–Crippen MR) is 103 cm³/mol. The quantitative estimate of drug-likeness (QED) is 0.697. The van der Waals surface area contributed by atoms with Gasteiger partial charge in [0.1, 0.15) is 0 Å². The number of rotatable bonds is 2. The standard InChI is InChI=1S/C21H18F2N4O2/c22-21(23)5-7-27(8-6-21)20(29)13-2-4-16-17(10-13)25-26-18(16)12-1-3-15-14(9-12)11-24-19(15)28/h1-4,9-10H,5-8,11H2,(H,24,28)(H,25,26). The van der Waals surface area contributed by atoms with E-state index in [1.807, 2.05) is 18.2 Å². The van der Waals surface area contributed by atoms with Crippen LogP contribution in [-0.4, -0.2) is 45.9 Å². The zero-order valence-electron chi connectivity index (χ0n) is 15.5. The summed E-state index contributed by atoms with van der Waals surface area (Å²) in [5.41, 5.74) is 4.36. The van der Waals surface area contributed by atoms with Crippen molar-refractivity contribution in [1.29, 1.82) is 0 Å². The molecule has 0 atom stereocenters. The van der Waals surface area contributed by atoms with Crippen molar-refractivity contribution in [2.24, 2.45) is 0 Å². The lowest BCUT2D eigenvalue weighted by atomic mass is 10.0. The number of hydrogen-bond donors (Lipinski definition) is 2. The van der Waals surface area contributed by atoms with Crippen LogP contribution in [0.3, 0.4) is 0 Å². The maximum atomic E-state index is 13.3. The minimum atomic E-state index is -2.69. The summed E-state index contributed by atoms with van der Waals surface area (Å²) < 4.78 is 26.7. The van der Waals surface area contributed by atoms with E-state index in [2.05, 4.69) is 15.5 Å². The molecule has 1 saturated heterocycles. The third kappa shape index (κ3) is 3.04. The molecule has 0 bridgehead atoms. The molecule has 2 N–H and O–H groups in total. The van der Waals surface area contributed by atoms with Gasteiger partial charge in [-0.25, -0.2) is 8.78 Å². The average Bonchev–Trinajstić information content (AvgIpc) is 3.30. The minimum absolute atomic E-state index is 0.0555. The van der Waals surface area contributed by atoms with Crippen molar-refractivity contribution < 1.29 is 18.4 Å². The van der Waals surface area contributed by atoms with Crippen LogP contribution in [0.25, 0.3) is 22.2 Å². The highest BCUT2D eigenvalue weighted by atomic mass is 19.3. The second-order valence-electron chi connectivity index (χ2n) is 7.54. The third-order valence-corrected chi connectivity index (χ3v) is 5.65. The zero-order chi connectivity index (χ0) is 20.2. The first-order valence-corrected chi connectivity index (χ1v) is 9.48. The maximum Gasteiger partial charge on any atom is 0.253 e. The van der Waals surface area contributed by atoms with E-state index in [9.17, 15) is 18.4 Å². The largest absolute Gasteiger partial charge is 0.348 e. The molecule has 1 aromatic heterocycles. The summed E-state index contributed by atoms with van der Waals surface area (Å²) in [6.07, 6.45) is -0.601. The zero-order valence-corrected chi connectivity index (χ0v) is 15.5. The molecule has 0 saturated carbocycles. The number of alkyl halides is 2. The van der Waals surface area contributed by atoms with E-state index < -0.39 is 5.92 Å². The number of nitrogens with zero attached hydrogens (tertiary/aromatic N) is 2. The van der Waals surface area contributed by atoms with E-state index in [1.165, 1.54) is 4.90 Å². The monoisotopic (exact) mass is 396 g/mol. The molecule has 0 radical (unpaired) electrons. The molecule has 29 heavy (non-hydrogen) atoms. The fourth-order valence-electron chi connectivity index (χ4n) is 3.97. The van der Waals surface area contributed by atoms with Crippen molar-refractivity contribution in [2.45, 2.75) is 25.3 Å². The minimum Gasteiger partial charge on any atom is -0.348 e. The molecule has 8 heteroatoms. The van der Waals surface area contributed by atoms with Crippen molar-refractivity contribution in [3.63, 3.8) is 0 Å². The Labute approximate surface area is 164 Å². The number of benzene rings is 2. The highest BCUT2D eigenvalue weighted by molar-refractivity contribution is 6.02. The van der Waals surface area contributed by atoms with Gasteiger partial charge in [-0.1, -0.05) is 6.07 Å². The highest BCUT2D eigenvalue weighted by Gasteiger charge is 2.35. The Morgan fingerprint density at radius 1 is 1.10 bits per heavy atom. The van der Waals surface area contributed by atoms with Crippen LogP contribution in [0.2, 0.25) is 0 Å². The molecule has 2 aliphatic rings. The molecular weight excluding hydrogens is 378 g/mol. The molecule has 3 aromatic rings. The summed E-state index contributed by atoms with van der Waals surface area (Å²) in [5.74, 6) is -3.01. The average molecular weight is 396 g/mol. The van der Waals surface area contributed by atoms with Crippen molar-refractivity contribution in [3.05, 3.63) is 53.1 Å². The van der Waals surface area contributed by atoms with E-state index >= 15 is 0 Å². The molecule has 2 amide bonds. The number of fused-ring (bicyclic) bond motifs is 2. The number of H-pyrrole nitrogens is 1. The normalized spacial score (nSPS) is 18.0. The number of hydrogen-bond acceptors (Lipinski definition) is 3. The van der Waals surface area contributed by atoms with Crippen LogP contribution in [0.4, 0.5) is 8.78 Å². The van der Waals surface area contributed by atoms with Crippen molar-refractivity contribution in [1.82, 2.24) is 20.4 Å². The second-order valence-corrected chi connectivity index (χ2v) is 7.54. The Bertz CT molecular complexity index is 1140. The van der Waals surface area contributed by atoms with Gasteiger partial charge in [0.05, 0.1) is 11.2 Å². The van der Waals surface area contributed by atoms with E-state index in [-0.39, 0.29) is 37.7 Å². The van der Waals surface area contributed by atoms with Gasteiger partial charge in [0.15, 0.2) is 0 Å². The molecule has 3 heterocycles. The number of nitrogens with one attached hydrogen (secondary N) is 2. The Morgan fingerprint density at radius 3 is 2.69 bits per heavy atom. The van der Waals surface area contributed by atoms with E-state index in [1.54, 1.807) is 18.2 Å². The number of carbonyl (C=O) groups excluding carboxylic acids is 2. The van der Waals surface area contributed by atoms with E-state index in [0.29, 0.717) is 23.2 Å². The van der Waals surface area contributed by atoms with Gasteiger partial charge < -0.3 is 10.2 Å². The number of piperidine rings is 1. The summed E-state index contributed by atoms with van der Waals surface area (Å²) in [7, 11) is 0. The number of carbonyl (C=O) groups is 2. The van der Waals surface area contributed by atoms with Gasteiger partial charge in [0.2, 0.25) is 0 Å². The smallest absolute Gasteiger partial charge is 0.253 e. The summed E-state index contributed by atoms with van der Waals surface area (Å²) in [6.45, 7) is 0.609. The third-order valence-electron chi connectivity index (χ3n) is 5.65. The van der Waals surface area contributed by atoms with Gasteiger partial charge in [0, 0.05) is 54.6 Å². The second kappa shape index (κ2) is 6.37. The van der Waals surface area contributed by atoms with Crippen molar-refractivity contribution in [3.8, 4) is 11.3 Å². The van der Waals surface area contributed by atoms with Gasteiger partial charge in [-0.2, -0.15) is 5.10 Å². The maximum absolute atomic E-state index is 13.3. The number of halogens is 2. The predicted octanol–water partition coefficient (Wildman–Crippen LogP) is 3.34. The first-order valence-electron chi connectivity index (χ1n) is 9.48. The Kier molecular flexibility index (Phi) is 3.90. The molecule has 148 valence electrons. The Balaban J connectivity index is 1.43. The van der Waals surface area contributed by atoms with Crippen LogP contribution in [-0.2, 0) is 6.54 Å². The number of aromatic amines is 1. The van der Waals surface area contributed by atoms with Gasteiger partial charge in [-0.3, -0.25) is 14.7 Å². The van der Waals surface area contributed by atoms with Crippen molar-refractivity contribution >= 4 is 22.7 Å². The SMILES string of the molecule is O=C1NCc2cc(-c3n[nH]c4cc(C(=O)N5CCC(F)(F)CC5)ccc34)ccc21. The van der Waals surface area contributed by atoms with Crippen LogP contribution in [0, 0.1) is 0 Å². The lowest BCUT2D eigenvalue weighted by Crippen LogP contribution is -2.42. The Morgan fingerprint density at radius 2 is 1.90 bits per heavy atom. The number of amides is 2. The molecule has 0 unspecified atom stereocenters. The molecule has 2 aliphatic heterocycles. The fraction of sp³-hybridized carbons (Fsp3) is 0.286. The summed E-state index contributed by atoms with van der Waals surface area (Å²) in [5, 5.41) is 11.0. The Hall–Kier alpha value is -3.29. The van der Waals surface area contributed by atoms with Crippen molar-refractivity contribution in [2.75, 3.05) is 13.1 Å². The first kappa shape index (κ1) is 17.8. The van der Waals surface area contributed by atoms with Gasteiger partial charge in [-0.15, -0.1) is 0 Å². The fourth-order valence-corrected chi connectivity index (χ4v) is 3.97. The van der Waals surface area contributed by atoms with Crippen LogP contribution in [0.15, 0.2) is 36.4 Å².